The van der Waals surface area contributed by atoms with Crippen LogP contribution < -0.4 is 0 Å². The van der Waals surface area contributed by atoms with Crippen LogP contribution in [0, 0.1) is 0 Å². The molecule has 0 aromatic heterocycles. The van der Waals surface area contributed by atoms with Crippen LogP contribution in [0.5, 0.6) is 0 Å². The minimum atomic E-state index is -3.66. The zero-order valence-electron chi connectivity index (χ0n) is 7.43. The molecule has 13 heavy (non-hydrogen) atoms. The first-order valence-electron chi connectivity index (χ1n) is 3.64. The van der Waals surface area contributed by atoms with E-state index >= 15 is 0 Å². The quantitative estimate of drug-likeness (QED) is 0.397. The third-order valence-corrected chi connectivity index (χ3v) is 2.44. The molecule has 0 aromatic rings. The normalized spacial score (nSPS) is 9.77. The van der Waals surface area contributed by atoms with E-state index in [4.69, 9.17) is 9.66 Å². The monoisotopic (exact) mass is 218 g/mol. The Kier molecular flexibility index (Phi) is 10.4. The van der Waals surface area contributed by atoms with E-state index in [2.05, 4.69) is 6.58 Å². The molecular formula is C6H11NaO5S. The molecular weight excluding hydrogens is 207 g/mol. The predicted molar refractivity (Wildman–Crippen MR) is 49.4 cm³/mol. The number of carboxylic acids is 1. The first-order valence-corrected chi connectivity index (χ1v) is 6.66. The average molecular weight is 218 g/mol. The molecule has 2 N–H and O–H groups in total. The second kappa shape index (κ2) is 8.71. The van der Waals surface area contributed by atoms with Gasteiger partial charge in [0.1, 0.15) is 0 Å². The Morgan fingerprint density at radius 2 is 1.92 bits per heavy atom. The van der Waals surface area contributed by atoms with Gasteiger partial charge in [0.25, 0.3) is 0 Å². The Bertz CT molecular complexity index is 246. The number of carbonyl (C=O) groups is 1. The van der Waals surface area contributed by atoms with E-state index in [0.717, 1.165) is 37.7 Å². The van der Waals surface area contributed by atoms with E-state index < -0.39 is 16.1 Å². The molecule has 5 nitrogen and oxygen atoms in total. The van der Waals surface area contributed by atoms with Gasteiger partial charge in [-0.3, -0.25) is 0 Å². The van der Waals surface area contributed by atoms with Gasteiger partial charge < -0.3 is 5.11 Å². The molecule has 7 heteroatoms. The summed E-state index contributed by atoms with van der Waals surface area (Å²) < 4.78 is 29.0. The maximum absolute atomic E-state index is 9.96. The van der Waals surface area contributed by atoms with E-state index in [1.54, 1.807) is 0 Å². The summed E-state index contributed by atoms with van der Waals surface area (Å²) in [5, 5.41) is 7.60. The van der Waals surface area contributed by atoms with Gasteiger partial charge in [0.2, 0.25) is 0 Å². The predicted octanol–water partition coefficient (Wildman–Crippen LogP) is 0.108. The molecule has 0 atom stereocenters. The van der Waals surface area contributed by atoms with Crippen molar-refractivity contribution < 1.29 is 22.9 Å². The molecule has 72 valence electrons. The van der Waals surface area contributed by atoms with Gasteiger partial charge >= 0.3 is 72.8 Å². The molecule has 0 unspecified atom stereocenters. The summed E-state index contributed by atoms with van der Waals surface area (Å²) in [5.74, 6) is -1.05. The van der Waals surface area contributed by atoms with Crippen molar-refractivity contribution in [1.29, 1.82) is 0 Å². The molecule has 0 aliphatic heterocycles. The summed E-state index contributed by atoms with van der Waals surface area (Å²) in [4.78, 5) is 9.25. The van der Waals surface area contributed by atoms with Gasteiger partial charge in [-0.25, -0.2) is 4.79 Å². The van der Waals surface area contributed by atoms with Crippen molar-refractivity contribution in [2.75, 3.05) is 5.75 Å². The summed E-state index contributed by atoms with van der Waals surface area (Å²) in [6, 6.07) is 0. The van der Waals surface area contributed by atoms with Crippen LogP contribution in [0.1, 0.15) is 6.42 Å². The van der Waals surface area contributed by atoms with Gasteiger partial charge in [0.05, 0.1) is 0 Å². The van der Waals surface area contributed by atoms with Crippen molar-refractivity contribution in [2.45, 2.75) is 10.1 Å². The molecule has 0 aliphatic rings. The SMILES string of the molecule is C=CC(=O)O.O=S(=O)(O)CC[CH2][Na]. The third-order valence-electron chi connectivity index (χ3n) is 0.930. The summed E-state index contributed by atoms with van der Waals surface area (Å²) in [6.45, 7) is 2.96. The van der Waals surface area contributed by atoms with Gasteiger partial charge in [-0.05, 0) is 0 Å². The first-order chi connectivity index (χ1) is 5.83. The number of carboxylic acid groups (broad SMARTS) is 1. The van der Waals surface area contributed by atoms with Crippen LogP contribution in [0.2, 0.25) is 3.67 Å². The molecule has 0 saturated carbocycles. The van der Waals surface area contributed by atoms with Crippen molar-refractivity contribution in [1.82, 2.24) is 0 Å². The van der Waals surface area contributed by atoms with Crippen LogP contribution in [-0.2, 0) is 14.9 Å². The number of hydrogen-bond donors (Lipinski definition) is 2. The van der Waals surface area contributed by atoms with Crippen LogP contribution in [0.25, 0.3) is 0 Å². The summed E-state index contributed by atoms with van der Waals surface area (Å²) in [7, 11) is -3.66. The Balaban J connectivity index is 0. The van der Waals surface area contributed by atoms with E-state index in [-0.39, 0.29) is 5.75 Å². The topological polar surface area (TPSA) is 91.7 Å². The van der Waals surface area contributed by atoms with Crippen molar-refractivity contribution in [2.24, 2.45) is 0 Å². The summed E-state index contributed by atoms with van der Waals surface area (Å²) in [5.41, 5.74) is 0. The Labute approximate surface area is 95.0 Å². The molecule has 0 fully saturated rings. The minimum absolute atomic E-state index is 0.0729. The third kappa shape index (κ3) is 24.5. The number of hydrogen-bond acceptors (Lipinski definition) is 3. The second-order valence-corrected chi connectivity index (χ2v) is 4.75. The van der Waals surface area contributed by atoms with Crippen molar-refractivity contribution in [3.05, 3.63) is 12.7 Å². The second-order valence-electron chi connectivity index (χ2n) is 2.18. The van der Waals surface area contributed by atoms with Crippen LogP contribution >= 0.6 is 0 Å². The molecule has 0 amide bonds. The summed E-state index contributed by atoms with van der Waals surface area (Å²) in [6.07, 6.45) is 1.44. The fraction of sp³-hybridized carbons (Fsp3) is 0.500. The van der Waals surface area contributed by atoms with Gasteiger partial charge in [-0.1, -0.05) is 6.58 Å². The number of rotatable bonds is 4. The molecule has 0 radical (unpaired) electrons. The van der Waals surface area contributed by atoms with Gasteiger partial charge in [-0.15, -0.1) is 0 Å². The van der Waals surface area contributed by atoms with Crippen LogP contribution in [0.4, 0.5) is 0 Å². The molecule has 0 saturated heterocycles. The fourth-order valence-corrected chi connectivity index (χ4v) is 1.85. The Morgan fingerprint density at radius 3 is 2.00 bits per heavy atom. The van der Waals surface area contributed by atoms with E-state index in [1.165, 1.54) is 0 Å². The molecule has 0 aromatic carbocycles. The van der Waals surface area contributed by atoms with Crippen LogP contribution in [0.3, 0.4) is 0 Å². The van der Waals surface area contributed by atoms with Crippen LogP contribution in [0.15, 0.2) is 12.7 Å². The van der Waals surface area contributed by atoms with E-state index in [1.807, 2.05) is 0 Å². The van der Waals surface area contributed by atoms with Gasteiger partial charge in [0, 0.05) is 6.08 Å². The Morgan fingerprint density at radius 1 is 1.54 bits per heavy atom. The Hall–Kier alpha value is 0.120. The first kappa shape index (κ1) is 15.6. The summed E-state index contributed by atoms with van der Waals surface area (Å²) >= 11 is 1.01. The zero-order chi connectivity index (χ0) is 10.9. The van der Waals surface area contributed by atoms with Gasteiger partial charge in [-0.2, -0.15) is 0 Å². The molecule has 0 aliphatic carbocycles. The maximum atomic E-state index is 9.96. The molecule has 0 rings (SSSR count). The molecule has 0 bridgehead atoms. The average Bonchev–Trinajstić information content (AvgIpc) is 2.00. The fourth-order valence-electron chi connectivity index (χ4n) is 0.327. The van der Waals surface area contributed by atoms with Crippen molar-refractivity contribution in [3.8, 4) is 0 Å². The number of aliphatic carboxylic acids is 1. The molecule has 0 heterocycles. The standard InChI is InChI=1S/C3H7O3S.C3H4O2.Na/c1-2-3-7(4,5)6;1-2-3(4)5;/h1-3H2,(H,4,5,6);2H,1H2,(H,4,5);. The van der Waals surface area contributed by atoms with Gasteiger partial charge in [0.15, 0.2) is 0 Å². The van der Waals surface area contributed by atoms with Crippen LogP contribution in [-0.4, -0.2) is 57.7 Å². The molecule has 0 spiro atoms. The van der Waals surface area contributed by atoms with E-state index in [9.17, 15) is 13.2 Å². The van der Waals surface area contributed by atoms with Crippen molar-refractivity contribution >= 4 is 44.0 Å². The van der Waals surface area contributed by atoms with E-state index in [0.29, 0.717) is 6.42 Å². The zero-order valence-corrected chi connectivity index (χ0v) is 10.2. The van der Waals surface area contributed by atoms with Crippen molar-refractivity contribution in [3.63, 3.8) is 0 Å².